The minimum Gasteiger partial charge on any atom is -0.323 e. The molecule has 1 atom stereocenters. The first-order valence-corrected chi connectivity index (χ1v) is 6.42. The maximum Gasteiger partial charge on any atom is 0.133 e. The Balaban J connectivity index is 2.38. The molecule has 0 spiro atoms. The molecule has 0 fully saturated rings. The number of halogens is 4. The van der Waals surface area contributed by atoms with E-state index in [1.807, 2.05) is 0 Å². The summed E-state index contributed by atoms with van der Waals surface area (Å²) in [7, 11) is 0. The molecule has 0 aliphatic heterocycles. The molecular weight excluding hydrogens is 287 g/mol. The Kier molecular flexibility index (Phi) is 4.35. The normalized spacial score (nSPS) is 12.5. The summed E-state index contributed by atoms with van der Waals surface area (Å²) in [6.45, 7) is 1.51. The van der Waals surface area contributed by atoms with Crippen molar-refractivity contribution in [1.29, 1.82) is 0 Å². The van der Waals surface area contributed by atoms with Crippen molar-refractivity contribution >= 4 is 11.6 Å². The second kappa shape index (κ2) is 5.85. The van der Waals surface area contributed by atoms with Gasteiger partial charge in [0.1, 0.15) is 17.5 Å². The summed E-state index contributed by atoms with van der Waals surface area (Å²) in [5.74, 6) is -1.99. The van der Waals surface area contributed by atoms with E-state index in [9.17, 15) is 13.2 Å². The van der Waals surface area contributed by atoms with Gasteiger partial charge in [-0.05, 0) is 37.1 Å². The van der Waals surface area contributed by atoms with E-state index in [0.717, 1.165) is 6.07 Å². The SMILES string of the molecule is Cc1ccc(F)c(C(N)Cc2c(F)cccc2Cl)c1F. The fraction of sp³-hybridized carbons (Fsp3) is 0.200. The van der Waals surface area contributed by atoms with Crippen LogP contribution < -0.4 is 5.73 Å². The standard InChI is InChI=1S/C15H13ClF3N/c1-8-5-6-12(18)14(15(8)19)13(20)7-9-10(16)3-2-4-11(9)17/h2-6,13H,7,20H2,1H3. The first-order chi connectivity index (χ1) is 9.41. The van der Waals surface area contributed by atoms with E-state index >= 15 is 0 Å². The van der Waals surface area contributed by atoms with Gasteiger partial charge in [-0.2, -0.15) is 0 Å². The zero-order valence-electron chi connectivity index (χ0n) is 10.8. The molecule has 0 amide bonds. The number of aryl methyl sites for hydroxylation is 1. The minimum absolute atomic E-state index is 0.0806. The summed E-state index contributed by atoms with van der Waals surface area (Å²) in [6.07, 6.45) is -0.0806. The number of hydrogen-bond donors (Lipinski definition) is 1. The van der Waals surface area contributed by atoms with Crippen LogP contribution in [0, 0.1) is 24.4 Å². The van der Waals surface area contributed by atoms with Gasteiger partial charge in [0.2, 0.25) is 0 Å². The van der Waals surface area contributed by atoms with Crippen LogP contribution in [0.4, 0.5) is 13.2 Å². The average Bonchev–Trinajstić information content (AvgIpc) is 2.39. The third-order valence-corrected chi connectivity index (χ3v) is 3.53. The molecule has 0 aromatic heterocycles. The lowest BCUT2D eigenvalue weighted by Gasteiger charge is -2.16. The highest BCUT2D eigenvalue weighted by Gasteiger charge is 2.21. The molecular formula is C15H13ClF3N. The maximum atomic E-state index is 14.0. The van der Waals surface area contributed by atoms with Crippen LogP contribution in [0.1, 0.15) is 22.7 Å². The maximum absolute atomic E-state index is 14.0. The summed E-state index contributed by atoms with van der Waals surface area (Å²) in [5.41, 5.74) is 6.03. The Bertz CT molecular complexity index is 623. The molecule has 2 N–H and O–H groups in total. The Hall–Kier alpha value is -1.52. The lowest BCUT2D eigenvalue weighted by Crippen LogP contribution is -2.18. The van der Waals surface area contributed by atoms with Crippen LogP contribution in [0.5, 0.6) is 0 Å². The molecule has 5 heteroatoms. The van der Waals surface area contributed by atoms with Crippen LogP contribution >= 0.6 is 11.6 Å². The summed E-state index contributed by atoms with van der Waals surface area (Å²) in [6, 6.07) is 5.67. The lowest BCUT2D eigenvalue weighted by molar-refractivity contribution is 0.514. The van der Waals surface area contributed by atoms with Crippen LogP contribution in [-0.4, -0.2) is 0 Å². The van der Waals surface area contributed by atoms with Gasteiger partial charge in [-0.3, -0.25) is 0 Å². The summed E-state index contributed by atoms with van der Waals surface area (Å²) < 4.78 is 41.4. The average molecular weight is 300 g/mol. The van der Waals surface area contributed by atoms with E-state index in [-0.39, 0.29) is 28.1 Å². The fourth-order valence-corrected chi connectivity index (χ4v) is 2.31. The van der Waals surface area contributed by atoms with Gasteiger partial charge in [-0.1, -0.05) is 23.7 Å². The van der Waals surface area contributed by atoms with Crippen molar-refractivity contribution in [3.8, 4) is 0 Å². The Morgan fingerprint density at radius 3 is 2.45 bits per heavy atom. The number of benzene rings is 2. The largest absolute Gasteiger partial charge is 0.323 e. The smallest absolute Gasteiger partial charge is 0.133 e. The zero-order chi connectivity index (χ0) is 14.9. The van der Waals surface area contributed by atoms with Gasteiger partial charge in [-0.15, -0.1) is 0 Å². The predicted molar refractivity (Wildman–Crippen MR) is 73.1 cm³/mol. The van der Waals surface area contributed by atoms with E-state index in [1.165, 1.54) is 31.2 Å². The van der Waals surface area contributed by atoms with Crippen molar-refractivity contribution in [2.75, 3.05) is 0 Å². The van der Waals surface area contributed by atoms with Crippen molar-refractivity contribution in [2.45, 2.75) is 19.4 Å². The van der Waals surface area contributed by atoms with Crippen LogP contribution in [0.15, 0.2) is 30.3 Å². The van der Waals surface area contributed by atoms with Crippen molar-refractivity contribution in [2.24, 2.45) is 5.73 Å². The molecule has 0 heterocycles. The molecule has 0 bridgehead atoms. The molecule has 1 nitrogen and oxygen atoms in total. The van der Waals surface area contributed by atoms with E-state index < -0.39 is 23.5 Å². The molecule has 0 aliphatic rings. The molecule has 2 rings (SSSR count). The minimum atomic E-state index is -1.01. The first-order valence-electron chi connectivity index (χ1n) is 6.04. The van der Waals surface area contributed by atoms with Gasteiger partial charge >= 0.3 is 0 Å². The lowest BCUT2D eigenvalue weighted by atomic mass is 9.97. The molecule has 0 radical (unpaired) electrons. The first kappa shape index (κ1) is 14.9. The van der Waals surface area contributed by atoms with Crippen molar-refractivity contribution in [3.63, 3.8) is 0 Å². The summed E-state index contributed by atoms with van der Waals surface area (Å²) in [5, 5.41) is 0.189. The van der Waals surface area contributed by atoms with Crippen LogP contribution in [0.25, 0.3) is 0 Å². The van der Waals surface area contributed by atoms with Crippen molar-refractivity contribution in [3.05, 3.63) is 69.5 Å². The third kappa shape index (κ3) is 2.81. The van der Waals surface area contributed by atoms with E-state index in [0.29, 0.717) is 0 Å². The van der Waals surface area contributed by atoms with E-state index in [2.05, 4.69) is 0 Å². The van der Waals surface area contributed by atoms with Gasteiger partial charge in [0.25, 0.3) is 0 Å². The van der Waals surface area contributed by atoms with Gasteiger partial charge in [0.15, 0.2) is 0 Å². The summed E-state index contributed by atoms with van der Waals surface area (Å²) in [4.78, 5) is 0. The number of rotatable bonds is 3. The summed E-state index contributed by atoms with van der Waals surface area (Å²) >= 11 is 5.89. The monoisotopic (exact) mass is 299 g/mol. The molecule has 0 saturated carbocycles. The highest BCUT2D eigenvalue weighted by Crippen LogP contribution is 2.28. The van der Waals surface area contributed by atoms with Crippen LogP contribution in [0.3, 0.4) is 0 Å². The van der Waals surface area contributed by atoms with Gasteiger partial charge in [0, 0.05) is 22.2 Å². The van der Waals surface area contributed by atoms with Gasteiger partial charge < -0.3 is 5.73 Å². The number of nitrogens with two attached hydrogens (primary N) is 1. The topological polar surface area (TPSA) is 26.0 Å². The molecule has 1 unspecified atom stereocenters. The highest BCUT2D eigenvalue weighted by atomic mass is 35.5. The molecule has 2 aromatic rings. The molecule has 0 aliphatic carbocycles. The Morgan fingerprint density at radius 1 is 1.10 bits per heavy atom. The quantitative estimate of drug-likeness (QED) is 0.898. The van der Waals surface area contributed by atoms with Crippen molar-refractivity contribution in [1.82, 2.24) is 0 Å². The molecule has 106 valence electrons. The van der Waals surface area contributed by atoms with Crippen molar-refractivity contribution < 1.29 is 13.2 Å². The second-order valence-corrected chi connectivity index (χ2v) is 5.01. The number of hydrogen-bond acceptors (Lipinski definition) is 1. The highest BCUT2D eigenvalue weighted by molar-refractivity contribution is 6.31. The fourth-order valence-electron chi connectivity index (χ4n) is 2.07. The predicted octanol–water partition coefficient (Wildman–Crippen LogP) is 4.31. The van der Waals surface area contributed by atoms with E-state index in [4.69, 9.17) is 17.3 Å². The van der Waals surface area contributed by atoms with Gasteiger partial charge in [0.05, 0.1) is 0 Å². The zero-order valence-corrected chi connectivity index (χ0v) is 11.5. The molecule has 2 aromatic carbocycles. The molecule has 20 heavy (non-hydrogen) atoms. The Labute approximate surface area is 120 Å². The van der Waals surface area contributed by atoms with Crippen LogP contribution in [0.2, 0.25) is 5.02 Å². The van der Waals surface area contributed by atoms with Crippen LogP contribution in [-0.2, 0) is 6.42 Å². The Morgan fingerprint density at radius 2 is 1.80 bits per heavy atom. The second-order valence-electron chi connectivity index (χ2n) is 4.60. The van der Waals surface area contributed by atoms with Gasteiger partial charge in [-0.25, -0.2) is 13.2 Å². The third-order valence-electron chi connectivity index (χ3n) is 3.18. The molecule has 0 saturated heterocycles. The van der Waals surface area contributed by atoms with E-state index in [1.54, 1.807) is 0 Å².